The molecule has 15 aromatic rings. The number of rotatable bonds is 8. The van der Waals surface area contributed by atoms with Crippen molar-refractivity contribution in [2.45, 2.75) is 103 Å². The van der Waals surface area contributed by atoms with E-state index in [0.29, 0.717) is 0 Å². The highest BCUT2D eigenvalue weighted by Gasteiger charge is 2.46. The summed E-state index contributed by atoms with van der Waals surface area (Å²) in [5.74, 6) is 0. The van der Waals surface area contributed by atoms with Crippen molar-refractivity contribution >= 4 is 134 Å². The number of aromatic nitrogens is 2. The Morgan fingerprint density at radius 3 is 0.733 bits per heavy atom. The Labute approximate surface area is 507 Å². The van der Waals surface area contributed by atoms with Gasteiger partial charge in [0.15, 0.2) is 16.1 Å². The van der Waals surface area contributed by atoms with Gasteiger partial charge in [0, 0.05) is 43.1 Å². The molecule has 2 aliphatic carbocycles. The fourth-order valence-corrected chi connectivity index (χ4v) is 26.9. The third kappa shape index (κ3) is 6.83. The van der Waals surface area contributed by atoms with Gasteiger partial charge in [-0.3, -0.25) is 0 Å². The molecule has 4 aromatic heterocycles. The molecule has 0 saturated carbocycles. The summed E-state index contributed by atoms with van der Waals surface area (Å²) in [7, 11) is -5.91. The lowest BCUT2D eigenvalue weighted by Gasteiger charge is -2.42. The zero-order valence-electron chi connectivity index (χ0n) is 50.8. The molecule has 0 amide bonds. The summed E-state index contributed by atoms with van der Waals surface area (Å²) in [6, 6.07) is 95.4. The maximum absolute atomic E-state index is 2.96. The van der Waals surface area contributed by atoms with Crippen LogP contribution in [0.25, 0.3) is 76.2 Å². The Hall–Kier alpha value is -8.55. The topological polar surface area (TPSA) is 8.82 Å². The number of hydrogen-bond donors (Lipinski definition) is 0. The van der Waals surface area contributed by atoms with Crippen LogP contribution in [0.3, 0.4) is 0 Å². The Morgan fingerprint density at radius 1 is 0.244 bits per heavy atom. The monoisotopic (exact) mass is 1140 g/mol. The van der Waals surface area contributed by atoms with Gasteiger partial charge >= 0.3 is 0 Å². The van der Waals surface area contributed by atoms with Crippen LogP contribution in [0, 0.1) is 0 Å². The molecule has 0 bridgehead atoms. The van der Waals surface area contributed by atoms with E-state index in [1.165, 1.54) is 140 Å². The SMILES string of the molecule is CC1(C)CCC(C)(C)c2cc3c(cc21)c1c2c4cc([Si](c5ccccc5)(c5ccccc5)c5ccccc5)ccc4n4c5cc6c(cc5c(c5c7cc([Si](c8ccccc8)(c8ccccc8)c8ccccc8)ccc7n3c51)c24)C(C)(C)CCC6(C)C. The van der Waals surface area contributed by atoms with Gasteiger partial charge in [-0.25, -0.2) is 0 Å². The molecule has 0 radical (unpaired) electrons. The smallest absolute Gasteiger partial charge is 0.179 e. The summed E-state index contributed by atoms with van der Waals surface area (Å²) in [6.45, 7) is 20.0. The average molecular weight is 1140 g/mol. The highest BCUT2D eigenvalue weighted by Crippen LogP contribution is 2.56. The van der Waals surface area contributed by atoms with Gasteiger partial charge in [0.05, 0.1) is 33.1 Å². The molecule has 0 atom stereocenters. The van der Waals surface area contributed by atoms with E-state index >= 15 is 0 Å². The average Bonchev–Trinajstić information content (AvgIpc) is 1.48. The molecule has 17 rings (SSSR count). The van der Waals surface area contributed by atoms with E-state index in [1.807, 2.05) is 0 Å². The maximum atomic E-state index is 2.76. The fourth-order valence-electron chi connectivity index (χ4n) is 17.4. The van der Waals surface area contributed by atoms with Gasteiger partial charge in [-0.1, -0.05) is 262 Å². The molecule has 0 spiro atoms. The number of hydrogen-bond acceptors (Lipinski definition) is 0. The van der Waals surface area contributed by atoms with Gasteiger partial charge < -0.3 is 8.80 Å². The number of nitrogens with zero attached hydrogens (tertiary/aromatic N) is 2. The summed E-state index contributed by atoms with van der Waals surface area (Å²) in [5.41, 5.74) is 14.0. The van der Waals surface area contributed by atoms with Crippen molar-refractivity contribution in [1.82, 2.24) is 8.80 Å². The molecular formula is C82H72N2Si2. The number of benzene rings is 11. The summed E-state index contributed by atoms with van der Waals surface area (Å²) in [5, 5.41) is 22.1. The Kier molecular flexibility index (Phi) is 10.9. The molecule has 418 valence electrons. The first kappa shape index (κ1) is 51.8. The van der Waals surface area contributed by atoms with Crippen LogP contribution >= 0.6 is 0 Å². The van der Waals surface area contributed by atoms with E-state index in [-0.39, 0.29) is 21.7 Å². The first-order valence-electron chi connectivity index (χ1n) is 31.5. The van der Waals surface area contributed by atoms with Crippen LogP contribution in [-0.4, -0.2) is 24.9 Å². The molecule has 0 saturated heterocycles. The van der Waals surface area contributed by atoms with E-state index in [9.17, 15) is 0 Å². The zero-order valence-corrected chi connectivity index (χ0v) is 52.8. The lowest BCUT2D eigenvalue weighted by atomic mass is 9.63. The predicted molar refractivity (Wildman–Crippen MR) is 374 cm³/mol. The summed E-state index contributed by atoms with van der Waals surface area (Å²) in [4.78, 5) is 0. The third-order valence-electron chi connectivity index (χ3n) is 22.0. The quantitative estimate of drug-likeness (QED) is 0.106. The normalized spacial score (nSPS) is 16.6. The zero-order chi connectivity index (χ0) is 58.3. The van der Waals surface area contributed by atoms with Crippen LogP contribution in [-0.2, 0) is 21.7 Å². The number of fused-ring (bicyclic) bond motifs is 16. The van der Waals surface area contributed by atoms with Crippen molar-refractivity contribution in [3.05, 3.63) is 265 Å². The Morgan fingerprint density at radius 2 is 0.477 bits per heavy atom. The van der Waals surface area contributed by atoms with E-state index in [0.717, 1.165) is 25.7 Å². The summed E-state index contributed by atoms with van der Waals surface area (Å²) in [6.07, 6.45) is 4.63. The van der Waals surface area contributed by atoms with Crippen LogP contribution < -0.4 is 41.5 Å². The summed E-state index contributed by atoms with van der Waals surface area (Å²) >= 11 is 0. The minimum absolute atomic E-state index is 0.0167. The first-order chi connectivity index (χ1) is 41.6. The van der Waals surface area contributed by atoms with Gasteiger partial charge in [0.25, 0.3) is 0 Å². The highest BCUT2D eigenvalue weighted by atomic mass is 28.3. The standard InChI is InChI=1S/C82H72N2Si2/c1-79(2)43-45-81(5,6)67-51-71-63(49-65(67)79)75-73-61-47-59(85(53-27-15-9-16-28-53,54-29-17-10-18-30-54)55-31-19-11-20-32-55)40-42-70(61)84-72-52-68-66(80(3,4)44-46-82(68,7)8)50-64(72)76(78(73)84)74-62-48-60(39-41-69(62)83(71)77(74)75)86(56-33-21-12-22-34-56,57-35-23-13-24-36-57)58-37-25-14-26-38-58/h9-42,47-52H,43-46H2,1-8H3. The molecule has 2 nitrogen and oxygen atoms in total. The van der Waals surface area contributed by atoms with Gasteiger partial charge in [-0.05, 0) is 147 Å². The van der Waals surface area contributed by atoms with Crippen molar-refractivity contribution in [2.24, 2.45) is 0 Å². The highest BCUT2D eigenvalue weighted by molar-refractivity contribution is 7.20. The fraction of sp³-hybridized carbons (Fsp3) is 0.195. The molecule has 4 heterocycles. The van der Waals surface area contributed by atoms with Crippen LogP contribution in [0.15, 0.2) is 243 Å². The van der Waals surface area contributed by atoms with Crippen molar-refractivity contribution in [1.29, 1.82) is 0 Å². The van der Waals surface area contributed by atoms with Gasteiger partial charge in [0.1, 0.15) is 0 Å². The lowest BCUT2D eigenvalue weighted by Crippen LogP contribution is -2.74. The Balaban J connectivity index is 1.12. The largest absolute Gasteiger partial charge is 0.308 e. The van der Waals surface area contributed by atoms with E-state index in [1.54, 1.807) is 0 Å². The molecule has 0 unspecified atom stereocenters. The molecule has 4 heteroatoms. The Bertz CT molecular complexity index is 4670. The van der Waals surface area contributed by atoms with E-state index in [2.05, 4.69) is 307 Å². The maximum Gasteiger partial charge on any atom is 0.179 e. The predicted octanol–water partition coefficient (Wildman–Crippen LogP) is 15.4. The summed E-state index contributed by atoms with van der Waals surface area (Å²) < 4.78 is 5.52. The second-order valence-corrected chi connectivity index (χ2v) is 36.0. The molecule has 0 fully saturated rings. The molecule has 0 aliphatic heterocycles. The van der Waals surface area contributed by atoms with Crippen LogP contribution in [0.2, 0.25) is 0 Å². The molecule has 86 heavy (non-hydrogen) atoms. The van der Waals surface area contributed by atoms with Crippen molar-refractivity contribution in [2.75, 3.05) is 0 Å². The van der Waals surface area contributed by atoms with Gasteiger partial charge in [0.2, 0.25) is 0 Å². The van der Waals surface area contributed by atoms with Crippen LogP contribution in [0.1, 0.15) is 103 Å². The van der Waals surface area contributed by atoms with Crippen molar-refractivity contribution in [3.63, 3.8) is 0 Å². The van der Waals surface area contributed by atoms with Crippen LogP contribution in [0.5, 0.6) is 0 Å². The molecule has 11 aromatic carbocycles. The van der Waals surface area contributed by atoms with Crippen LogP contribution in [0.4, 0.5) is 0 Å². The molecule has 0 N–H and O–H groups in total. The molecule has 2 aliphatic rings. The second kappa shape index (κ2) is 18.0. The van der Waals surface area contributed by atoms with Gasteiger partial charge in [-0.15, -0.1) is 0 Å². The van der Waals surface area contributed by atoms with E-state index in [4.69, 9.17) is 0 Å². The van der Waals surface area contributed by atoms with Crippen molar-refractivity contribution < 1.29 is 0 Å². The third-order valence-corrected chi connectivity index (χ3v) is 31.5. The van der Waals surface area contributed by atoms with Crippen molar-refractivity contribution in [3.8, 4) is 0 Å². The minimum Gasteiger partial charge on any atom is -0.308 e. The second-order valence-electron chi connectivity index (χ2n) is 28.4. The minimum atomic E-state index is -2.96. The first-order valence-corrected chi connectivity index (χ1v) is 35.5. The molecular weight excluding hydrogens is 1070 g/mol. The van der Waals surface area contributed by atoms with E-state index < -0.39 is 16.1 Å². The lowest BCUT2D eigenvalue weighted by molar-refractivity contribution is 0.332. The van der Waals surface area contributed by atoms with Gasteiger partial charge in [-0.2, -0.15) is 0 Å².